The normalized spacial score (nSPS) is 19.8. The third-order valence-electron chi connectivity index (χ3n) is 6.13. The summed E-state index contributed by atoms with van der Waals surface area (Å²) >= 11 is 0. The zero-order chi connectivity index (χ0) is 21.6. The molecule has 2 fully saturated rings. The molecule has 168 valence electrons. The predicted octanol–water partition coefficient (Wildman–Crippen LogP) is 1.61. The van der Waals surface area contributed by atoms with Crippen LogP contribution in [0.25, 0.3) is 0 Å². The molecule has 9 heteroatoms. The smallest absolute Gasteiger partial charge is 0.282 e. The first-order valence-corrected chi connectivity index (χ1v) is 12.2. The SMILES string of the molecule is CN(C1CCCCC1)S(=O)(=O)N1CCN(CC(=O)NCCc2ccc(F)cc2)CC1. The largest absolute Gasteiger partial charge is 0.355 e. The van der Waals surface area contributed by atoms with Gasteiger partial charge >= 0.3 is 0 Å². The maximum atomic E-state index is 12.9. The standard InChI is InChI=1S/C21H33FN4O3S/c1-24(20-5-3-2-4-6-20)30(28,29)26-15-13-25(14-16-26)17-21(27)23-12-11-18-7-9-19(22)10-8-18/h7-10,20H,2-6,11-17H2,1H3,(H,23,27). The summed E-state index contributed by atoms with van der Waals surface area (Å²) in [6.45, 7) is 2.65. The molecule has 1 saturated heterocycles. The molecular weight excluding hydrogens is 407 g/mol. The van der Waals surface area contributed by atoms with E-state index in [9.17, 15) is 17.6 Å². The summed E-state index contributed by atoms with van der Waals surface area (Å²) in [6.07, 6.45) is 5.89. The molecule has 0 unspecified atom stereocenters. The van der Waals surface area contributed by atoms with Crippen molar-refractivity contribution in [3.05, 3.63) is 35.6 Å². The third-order valence-corrected chi connectivity index (χ3v) is 8.17. The van der Waals surface area contributed by atoms with E-state index in [1.807, 2.05) is 4.90 Å². The van der Waals surface area contributed by atoms with Crippen LogP contribution in [-0.4, -0.2) is 80.2 Å². The van der Waals surface area contributed by atoms with E-state index in [2.05, 4.69) is 5.32 Å². The van der Waals surface area contributed by atoms with E-state index in [1.165, 1.54) is 18.6 Å². The van der Waals surface area contributed by atoms with Gasteiger partial charge in [-0.1, -0.05) is 31.4 Å². The lowest BCUT2D eigenvalue weighted by Crippen LogP contribution is -2.55. The molecule has 30 heavy (non-hydrogen) atoms. The molecule has 1 aliphatic heterocycles. The lowest BCUT2D eigenvalue weighted by molar-refractivity contribution is -0.122. The highest BCUT2D eigenvalue weighted by atomic mass is 32.2. The number of rotatable bonds is 8. The van der Waals surface area contributed by atoms with Gasteiger partial charge in [0.05, 0.1) is 6.54 Å². The summed E-state index contributed by atoms with van der Waals surface area (Å²) in [5.74, 6) is -0.346. The molecule has 0 aromatic heterocycles. The Kier molecular flexibility index (Phi) is 8.21. The summed E-state index contributed by atoms with van der Waals surface area (Å²) < 4.78 is 41.9. The Balaban J connectivity index is 1.39. The average molecular weight is 441 g/mol. The maximum absolute atomic E-state index is 12.9. The minimum Gasteiger partial charge on any atom is -0.355 e. The average Bonchev–Trinajstić information content (AvgIpc) is 2.75. The van der Waals surface area contributed by atoms with Crippen LogP contribution in [0.1, 0.15) is 37.7 Å². The summed E-state index contributed by atoms with van der Waals surface area (Å²) in [7, 11) is -1.75. The van der Waals surface area contributed by atoms with E-state index in [0.717, 1.165) is 31.2 Å². The van der Waals surface area contributed by atoms with Crippen molar-refractivity contribution in [2.24, 2.45) is 0 Å². The highest BCUT2D eigenvalue weighted by Crippen LogP contribution is 2.25. The first-order chi connectivity index (χ1) is 14.4. The van der Waals surface area contributed by atoms with Gasteiger partial charge in [0.2, 0.25) is 5.91 Å². The van der Waals surface area contributed by atoms with Crippen molar-refractivity contribution in [1.29, 1.82) is 0 Å². The van der Waals surface area contributed by atoms with Gasteiger partial charge in [0.1, 0.15) is 5.82 Å². The van der Waals surface area contributed by atoms with Gasteiger partial charge in [-0.25, -0.2) is 4.39 Å². The minimum atomic E-state index is -3.45. The zero-order valence-corrected chi connectivity index (χ0v) is 18.5. The van der Waals surface area contributed by atoms with Crippen molar-refractivity contribution in [2.45, 2.75) is 44.6 Å². The molecule has 3 rings (SSSR count). The fourth-order valence-corrected chi connectivity index (χ4v) is 5.77. The van der Waals surface area contributed by atoms with E-state index in [0.29, 0.717) is 39.1 Å². The molecule has 0 radical (unpaired) electrons. The Morgan fingerprint density at radius 2 is 1.73 bits per heavy atom. The second kappa shape index (κ2) is 10.7. The highest BCUT2D eigenvalue weighted by molar-refractivity contribution is 7.86. The molecule has 1 amide bonds. The van der Waals surface area contributed by atoms with Crippen LogP contribution in [0, 0.1) is 5.82 Å². The zero-order valence-electron chi connectivity index (χ0n) is 17.7. The monoisotopic (exact) mass is 440 g/mol. The van der Waals surface area contributed by atoms with Gasteiger partial charge in [0.25, 0.3) is 10.2 Å². The first kappa shape index (κ1) is 23.1. The summed E-state index contributed by atoms with van der Waals surface area (Å²) in [4.78, 5) is 14.2. The van der Waals surface area contributed by atoms with Gasteiger partial charge in [0.15, 0.2) is 0 Å². The van der Waals surface area contributed by atoms with Gasteiger partial charge in [-0.3, -0.25) is 9.69 Å². The number of halogens is 1. The third kappa shape index (κ3) is 6.23. The maximum Gasteiger partial charge on any atom is 0.282 e. The minimum absolute atomic E-state index is 0.0762. The van der Waals surface area contributed by atoms with E-state index in [4.69, 9.17) is 0 Å². The molecular formula is C21H33FN4O3S. The van der Waals surface area contributed by atoms with Crippen molar-refractivity contribution in [1.82, 2.24) is 18.8 Å². The topological polar surface area (TPSA) is 73.0 Å². The Hall–Kier alpha value is -1.55. The number of amides is 1. The number of piperazine rings is 1. The van der Waals surface area contributed by atoms with Crippen molar-refractivity contribution < 1.29 is 17.6 Å². The van der Waals surface area contributed by atoms with E-state index < -0.39 is 10.2 Å². The molecule has 0 atom stereocenters. The molecule has 1 aromatic carbocycles. The molecule has 1 heterocycles. The van der Waals surface area contributed by atoms with Gasteiger partial charge < -0.3 is 5.32 Å². The summed E-state index contributed by atoms with van der Waals surface area (Å²) in [5, 5.41) is 2.88. The van der Waals surface area contributed by atoms with Crippen molar-refractivity contribution >= 4 is 16.1 Å². The van der Waals surface area contributed by atoms with E-state index in [1.54, 1.807) is 27.8 Å². The first-order valence-electron chi connectivity index (χ1n) is 10.8. The van der Waals surface area contributed by atoms with E-state index >= 15 is 0 Å². The molecule has 0 spiro atoms. The van der Waals surface area contributed by atoms with Crippen molar-refractivity contribution in [3.8, 4) is 0 Å². The molecule has 1 saturated carbocycles. The molecule has 1 N–H and O–H groups in total. The number of benzene rings is 1. The quantitative estimate of drug-likeness (QED) is 0.667. The van der Waals surface area contributed by atoms with Gasteiger partial charge in [-0.15, -0.1) is 0 Å². The fourth-order valence-electron chi connectivity index (χ4n) is 4.19. The number of carbonyl (C=O) groups excluding carboxylic acids is 1. The Morgan fingerprint density at radius 3 is 2.37 bits per heavy atom. The number of hydrogen-bond acceptors (Lipinski definition) is 4. The van der Waals surface area contributed by atoms with Crippen LogP contribution in [0.3, 0.4) is 0 Å². The van der Waals surface area contributed by atoms with Crippen LogP contribution in [0.2, 0.25) is 0 Å². The molecule has 1 aliphatic carbocycles. The van der Waals surface area contributed by atoms with Gasteiger partial charge in [-0.2, -0.15) is 17.0 Å². The van der Waals surface area contributed by atoms with Crippen LogP contribution in [0.4, 0.5) is 4.39 Å². The number of nitrogens with zero attached hydrogens (tertiary/aromatic N) is 3. The van der Waals surface area contributed by atoms with Crippen LogP contribution >= 0.6 is 0 Å². The Bertz CT molecular complexity index is 789. The Labute approximate surface area is 179 Å². The Morgan fingerprint density at radius 1 is 1.10 bits per heavy atom. The molecule has 1 aromatic rings. The summed E-state index contributed by atoms with van der Waals surface area (Å²) in [6, 6.07) is 6.36. The summed E-state index contributed by atoms with van der Waals surface area (Å²) in [5.41, 5.74) is 0.970. The molecule has 2 aliphatic rings. The van der Waals surface area contributed by atoms with Crippen LogP contribution in [0.5, 0.6) is 0 Å². The second-order valence-corrected chi connectivity index (χ2v) is 10.2. The lowest BCUT2D eigenvalue weighted by Gasteiger charge is -2.38. The second-order valence-electron chi connectivity index (χ2n) is 8.22. The predicted molar refractivity (Wildman–Crippen MR) is 115 cm³/mol. The van der Waals surface area contributed by atoms with Crippen LogP contribution in [-0.2, 0) is 21.4 Å². The van der Waals surface area contributed by atoms with Crippen LogP contribution in [0.15, 0.2) is 24.3 Å². The van der Waals surface area contributed by atoms with Gasteiger partial charge in [-0.05, 0) is 37.0 Å². The van der Waals surface area contributed by atoms with E-state index in [-0.39, 0.29) is 24.3 Å². The highest BCUT2D eigenvalue weighted by Gasteiger charge is 2.34. The van der Waals surface area contributed by atoms with Crippen molar-refractivity contribution in [2.75, 3.05) is 46.3 Å². The molecule has 0 bridgehead atoms. The number of hydrogen-bond donors (Lipinski definition) is 1. The van der Waals surface area contributed by atoms with Crippen LogP contribution < -0.4 is 5.32 Å². The fraction of sp³-hybridized carbons (Fsp3) is 0.667. The number of nitrogens with one attached hydrogen (secondary N) is 1. The number of carbonyl (C=O) groups is 1. The van der Waals surface area contributed by atoms with Crippen molar-refractivity contribution in [3.63, 3.8) is 0 Å². The molecule has 7 nitrogen and oxygen atoms in total. The van der Waals surface area contributed by atoms with Gasteiger partial charge in [0, 0.05) is 45.8 Å². The lowest BCUT2D eigenvalue weighted by atomic mass is 9.96.